The van der Waals surface area contributed by atoms with Gasteiger partial charge in [0.1, 0.15) is 13.2 Å². The van der Waals surface area contributed by atoms with Gasteiger partial charge in [0.05, 0.1) is 0 Å². The normalized spacial score (nSPS) is 12.1. The topological polar surface area (TPSA) is 78.9 Å². The van der Waals surface area contributed by atoms with Crippen LogP contribution in [0.5, 0.6) is 0 Å². The molecule has 0 aliphatic heterocycles. The van der Waals surface area contributed by atoms with E-state index in [1.807, 2.05) is 0 Å². The Kier molecular flexibility index (Phi) is 45.8. The van der Waals surface area contributed by atoms with Crippen LogP contribution in [-0.4, -0.2) is 37.2 Å². The predicted molar refractivity (Wildman–Crippen MR) is 247 cm³/mol. The van der Waals surface area contributed by atoms with Gasteiger partial charge in [-0.1, -0.05) is 206 Å². The lowest BCUT2D eigenvalue weighted by Gasteiger charge is -2.18. The molecule has 0 aromatic carbocycles. The molecular weight excluding hydrogens is 721 g/mol. The summed E-state index contributed by atoms with van der Waals surface area (Å²) in [4.78, 5) is 37.9. The molecule has 0 heterocycles. The van der Waals surface area contributed by atoms with E-state index in [-0.39, 0.29) is 31.1 Å². The minimum absolute atomic E-state index is 0.0738. The van der Waals surface area contributed by atoms with E-state index in [9.17, 15) is 14.4 Å². The Morgan fingerprint density at radius 2 is 0.569 bits per heavy atom. The van der Waals surface area contributed by atoms with Gasteiger partial charge in [0.15, 0.2) is 6.10 Å². The Bertz CT molecular complexity index is 942. The van der Waals surface area contributed by atoms with E-state index in [0.717, 1.165) is 70.6 Å². The smallest absolute Gasteiger partial charge is 0.306 e. The summed E-state index contributed by atoms with van der Waals surface area (Å²) < 4.78 is 16.8. The van der Waals surface area contributed by atoms with Gasteiger partial charge in [-0.05, 0) is 70.6 Å². The van der Waals surface area contributed by atoms with E-state index in [0.29, 0.717) is 19.3 Å². The third-order valence-electron chi connectivity index (χ3n) is 11.2. The minimum atomic E-state index is -0.773. The molecule has 6 heteroatoms. The number of unbranched alkanes of at least 4 members (excludes halogenated alkanes) is 31. The lowest BCUT2D eigenvalue weighted by atomic mass is 10.0. The molecule has 0 aliphatic rings. The summed E-state index contributed by atoms with van der Waals surface area (Å²) in [5.74, 6) is -0.881. The van der Waals surface area contributed by atoms with Crippen LogP contribution in [0.1, 0.15) is 271 Å². The summed E-state index contributed by atoms with van der Waals surface area (Å²) >= 11 is 0. The average Bonchev–Trinajstić information content (AvgIpc) is 3.22. The van der Waals surface area contributed by atoms with Gasteiger partial charge in [0.2, 0.25) is 0 Å². The molecule has 58 heavy (non-hydrogen) atoms. The van der Waals surface area contributed by atoms with Crippen molar-refractivity contribution in [2.45, 2.75) is 277 Å². The molecule has 0 aromatic rings. The largest absolute Gasteiger partial charge is 0.462 e. The van der Waals surface area contributed by atoms with Gasteiger partial charge < -0.3 is 14.2 Å². The minimum Gasteiger partial charge on any atom is -0.462 e. The van der Waals surface area contributed by atoms with Crippen LogP contribution in [0.4, 0.5) is 0 Å². The van der Waals surface area contributed by atoms with Crippen molar-refractivity contribution in [3.63, 3.8) is 0 Å². The fourth-order valence-corrected chi connectivity index (χ4v) is 7.31. The first-order chi connectivity index (χ1) is 28.5. The Morgan fingerprint density at radius 1 is 0.328 bits per heavy atom. The summed E-state index contributed by atoms with van der Waals surface area (Å²) in [5, 5.41) is 0. The van der Waals surface area contributed by atoms with Crippen LogP contribution in [-0.2, 0) is 28.6 Å². The zero-order valence-corrected chi connectivity index (χ0v) is 38.8. The van der Waals surface area contributed by atoms with Crippen LogP contribution in [0.2, 0.25) is 0 Å². The zero-order chi connectivity index (χ0) is 42.3. The van der Waals surface area contributed by atoms with Crippen LogP contribution in [0.3, 0.4) is 0 Å². The molecule has 0 saturated carbocycles. The van der Waals surface area contributed by atoms with Crippen molar-refractivity contribution in [2.24, 2.45) is 0 Å². The van der Waals surface area contributed by atoms with Crippen molar-refractivity contribution >= 4 is 17.9 Å². The van der Waals surface area contributed by atoms with Crippen molar-refractivity contribution < 1.29 is 28.6 Å². The van der Waals surface area contributed by atoms with Gasteiger partial charge in [-0.25, -0.2) is 0 Å². The molecular formula is C52H96O6. The van der Waals surface area contributed by atoms with Crippen molar-refractivity contribution in [2.75, 3.05) is 13.2 Å². The first-order valence-corrected chi connectivity index (χ1v) is 25.3. The number of hydrogen-bond donors (Lipinski definition) is 0. The number of ether oxygens (including phenoxy) is 3. The maximum Gasteiger partial charge on any atom is 0.306 e. The highest BCUT2D eigenvalue weighted by Gasteiger charge is 2.19. The Hall–Kier alpha value is -2.11. The lowest BCUT2D eigenvalue weighted by Crippen LogP contribution is -2.30. The number of rotatable bonds is 46. The highest BCUT2D eigenvalue weighted by Crippen LogP contribution is 2.15. The molecule has 0 radical (unpaired) electrons. The maximum atomic E-state index is 12.8. The second kappa shape index (κ2) is 47.6. The fraction of sp³-hybridized carbons (Fsp3) is 0.865. The van der Waals surface area contributed by atoms with Gasteiger partial charge in [0, 0.05) is 19.3 Å². The zero-order valence-electron chi connectivity index (χ0n) is 38.8. The van der Waals surface area contributed by atoms with Crippen LogP contribution in [0.25, 0.3) is 0 Å². The number of allylic oxidation sites excluding steroid dienone is 4. The van der Waals surface area contributed by atoms with E-state index in [4.69, 9.17) is 14.2 Å². The van der Waals surface area contributed by atoms with Crippen molar-refractivity contribution in [1.29, 1.82) is 0 Å². The van der Waals surface area contributed by atoms with E-state index >= 15 is 0 Å². The van der Waals surface area contributed by atoms with Gasteiger partial charge in [0.25, 0.3) is 0 Å². The van der Waals surface area contributed by atoms with Crippen LogP contribution in [0, 0.1) is 0 Å². The van der Waals surface area contributed by atoms with Gasteiger partial charge in [-0.3, -0.25) is 14.4 Å². The number of carbonyl (C=O) groups is 3. The summed E-state index contributed by atoms with van der Waals surface area (Å²) in [7, 11) is 0. The fourth-order valence-electron chi connectivity index (χ4n) is 7.31. The summed E-state index contributed by atoms with van der Waals surface area (Å²) in [6.45, 7) is 6.62. The number of hydrogen-bond acceptors (Lipinski definition) is 6. The molecule has 0 fully saturated rings. The second-order valence-corrected chi connectivity index (χ2v) is 17.1. The molecule has 340 valence electrons. The highest BCUT2D eigenvalue weighted by molar-refractivity contribution is 5.71. The van der Waals surface area contributed by atoms with E-state index in [2.05, 4.69) is 45.1 Å². The summed E-state index contributed by atoms with van der Waals surface area (Å²) in [6, 6.07) is 0. The molecule has 1 unspecified atom stereocenters. The average molecular weight is 817 g/mol. The second-order valence-electron chi connectivity index (χ2n) is 17.1. The van der Waals surface area contributed by atoms with Crippen LogP contribution >= 0.6 is 0 Å². The third-order valence-corrected chi connectivity index (χ3v) is 11.2. The van der Waals surface area contributed by atoms with Gasteiger partial charge in [-0.15, -0.1) is 0 Å². The molecule has 6 nitrogen and oxygen atoms in total. The molecule has 0 rings (SSSR count). The quantitative estimate of drug-likeness (QED) is 0.0263. The number of carbonyl (C=O) groups excluding carboxylic acids is 3. The Morgan fingerprint density at radius 3 is 0.879 bits per heavy atom. The standard InChI is InChI=1S/C52H96O6/c1-4-7-10-13-16-19-22-25-26-28-30-33-36-39-42-45-51(54)57-48-49(47-56-50(53)44-41-38-35-32-29-24-21-18-15-12-9-6-3)58-52(55)46-43-40-37-34-31-27-23-20-17-14-11-8-5-2/h20,23,25-26,49H,4-19,21-22,24,27-48H2,1-3H3/b23-20-,26-25-. The first-order valence-electron chi connectivity index (χ1n) is 25.3. The van der Waals surface area contributed by atoms with Crippen molar-refractivity contribution in [3.8, 4) is 0 Å². The molecule has 0 N–H and O–H groups in total. The molecule has 0 aromatic heterocycles. The molecule has 0 aliphatic carbocycles. The molecule has 0 bridgehead atoms. The summed E-state index contributed by atoms with van der Waals surface area (Å²) in [6.07, 6.45) is 53.0. The number of esters is 3. The SMILES string of the molecule is CCCCCC/C=C\CCCCCCCC(=O)OC(COC(=O)CCCCCCC/C=C\CCCCCCCC)COC(=O)CCCCCCCCCCCCCC. The van der Waals surface area contributed by atoms with Crippen molar-refractivity contribution in [1.82, 2.24) is 0 Å². The van der Waals surface area contributed by atoms with Crippen LogP contribution < -0.4 is 0 Å². The predicted octanol–water partition coefficient (Wildman–Crippen LogP) is 16.4. The monoisotopic (exact) mass is 817 g/mol. The molecule has 0 amide bonds. The van der Waals surface area contributed by atoms with Gasteiger partial charge >= 0.3 is 17.9 Å². The maximum absolute atomic E-state index is 12.8. The van der Waals surface area contributed by atoms with E-state index in [1.165, 1.54) is 161 Å². The lowest BCUT2D eigenvalue weighted by molar-refractivity contribution is -0.167. The molecule has 0 saturated heterocycles. The third kappa shape index (κ3) is 45.0. The Labute approximate surface area is 360 Å². The van der Waals surface area contributed by atoms with Crippen LogP contribution in [0.15, 0.2) is 24.3 Å². The molecule has 0 spiro atoms. The van der Waals surface area contributed by atoms with E-state index in [1.54, 1.807) is 0 Å². The first kappa shape index (κ1) is 55.9. The van der Waals surface area contributed by atoms with E-state index < -0.39 is 6.10 Å². The van der Waals surface area contributed by atoms with Gasteiger partial charge in [-0.2, -0.15) is 0 Å². The summed E-state index contributed by atoms with van der Waals surface area (Å²) in [5.41, 5.74) is 0. The van der Waals surface area contributed by atoms with Crippen molar-refractivity contribution in [3.05, 3.63) is 24.3 Å². The molecule has 1 atom stereocenters. The highest BCUT2D eigenvalue weighted by atomic mass is 16.6. The Balaban J connectivity index is 4.36.